The maximum Gasteiger partial charge on any atom is 0.106 e. The molecule has 0 aromatic carbocycles. The van der Waals surface area contributed by atoms with Gasteiger partial charge in [0.15, 0.2) is 0 Å². The minimum Gasteiger partial charge on any atom is -0.303 e. The van der Waals surface area contributed by atoms with Crippen LogP contribution in [0.4, 0.5) is 0 Å². The molecule has 0 radical (unpaired) electrons. The summed E-state index contributed by atoms with van der Waals surface area (Å²) in [5, 5.41) is 12.4. The van der Waals surface area contributed by atoms with E-state index in [1.54, 1.807) is 0 Å². The van der Waals surface area contributed by atoms with E-state index >= 15 is 0 Å². The van der Waals surface area contributed by atoms with Crippen LogP contribution < -0.4 is 5.32 Å². The predicted molar refractivity (Wildman–Crippen MR) is 67.1 cm³/mol. The first-order chi connectivity index (χ1) is 7.53. The van der Waals surface area contributed by atoms with Gasteiger partial charge in [-0.1, -0.05) is 13.8 Å². The highest BCUT2D eigenvalue weighted by molar-refractivity contribution is 5.09. The lowest BCUT2D eigenvalue weighted by atomic mass is 9.80. The molecule has 1 saturated carbocycles. The molecule has 0 aromatic heterocycles. The summed E-state index contributed by atoms with van der Waals surface area (Å²) < 4.78 is 0. The van der Waals surface area contributed by atoms with Gasteiger partial charge < -0.3 is 10.2 Å². The highest BCUT2D eigenvalue weighted by Crippen LogP contribution is 2.30. The summed E-state index contributed by atoms with van der Waals surface area (Å²) in [7, 11) is 4.12. The first kappa shape index (κ1) is 13.5. The van der Waals surface area contributed by atoms with Gasteiger partial charge in [0.25, 0.3) is 0 Å². The monoisotopic (exact) mass is 223 g/mol. The third kappa shape index (κ3) is 3.20. The van der Waals surface area contributed by atoms with Crippen molar-refractivity contribution in [1.29, 1.82) is 5.26 Å². The Labute approximate surface area is 99.8 Å². The van der Waals surface area contributed by atoms with Gasteiger partial charge >= 0.3 is 0 Å². The van der Waals surface area contributed by atoms with Crippen LogP contribution in [-0.2, 0) is 0 Å². The molecule has 3 heteroatoms. The van der Waals surface area contributed by atoms with E-state index in [4.69, 9.17) is 0 Å². The number of rotatable bonds is 4. The Kier molecular flexibility index (Phi) is 4.76. The fourth-order valence-electron chi connectivity index (χ4n) is 2.68. The summed E-state index contributed by atoms with van der Waals surface area (Å²) in [5.74, 6) is 0.719. The van der Waals surface area contributed by atoms with Crippen LogP contribution in [0.25, 0.3) is 0 Å². The van der Waals surface area contributed by atoms with Crippen LogP contribution in [0.1, 0.15) is 39.5 Å². The molecular weight excluding hydrogens is 198 g/mol. The SMILES string of the molecule is CNC1(C#N)CCC(N(C)CC(C)C)CC1. The van der Waals surface area contributed by atoms with Crippen molar-refractivity contribution in [2.24, 2.45) is 5.92 Å². The van der Waals surface area contributed by atoms with E-state index in [1.165, 1.54) is 0 Å². The van der Waals surface area contributed by atoms with Crippen molar-refractivity contribution in [3.8, 4) is 6.07 Å². The lowest BCUT2D eigenvalue weighted by Gasteiger charge is -2.39. The van der Waals surface area contributed by atoms with Crippen molar-refractivity contribution >= 4 is 0 Å². The zero-order chi connectivity index (χ0) is 12.2. The molecule has 3 nitrogen and oxygen atoms in total. The van der Waals surface area contributed by atoms with Gasteiger partial charge in [-0.05, 0) is 45.7 Å². The Morgan fingerprint density at radius 1 is 1.44 bits per heavy atom. The topological polar surface area (TPSA) is 39.1 Å². The Bertz CT molecular complexity index is 246. The molecule has 1 N–H and O–H groups in total. The Morgan fingerprint density at radius 3 is 2.38 bits per heavy atom. The average Bonchev–Trinajstić information content (AvgIpc) is 2.28. The van der Waals surface area contributed by atoms with E-state index < -0.39 is 0 Å². The van der Waals surface area contributed by atoms with Crippen molar-refractivity contribution in [1.82, 2.24) is 10.2 Å². The van der Waals surface area contributed by atoms with Crippen molar-refractivity contribution in [3.05, 3.63) is 0 Å². The third-order valence-electron chi connectivity index (χ3n) is 3.78. The fourth-order valence-corrected chi connectivity index (χ4v) is 2.68. The highest BCUT2D eigenvalue weighted by Gasteiger charge is 2.35. The molecule has 1 rings (SSSR count). The maximum atomic E-state index is 9.19. The average molecular weight is 223 g/mol. The summed E-state index contributed by atoms with van der Waals surface area (Å²) in [4.78, 5) is 2.46. The Hall–Kier alpha value is -0.590. The molecule has 92 valence electrons. The van der Waals surface area contributed by atoms with Gasteiger partial charge in [-0.3, -0.25) is 0 Å². The molecule has 0 unspecified atom stereocenters. The molecule has 0 aromatic rings. The summed E-state index contributed by atoms with van der Waals surface area (Å²) >= 11 is 0. The quantitative estimate of drug-likeness (QED) is 0.792. The number of nitrogens with one attached hydrogen (secondary N) is 1. The molecule has 1 aliphatic carbocycles. The van der Waals surface area contributed by atoms with E-state index in [0.29, 0.717) is 6.04 Å². The molecule has 0 heterocycles. The maximum absolute atomic E-state index is 9.19. The second-order valence-corrected chi connectivity index (χ2v) is 5.51. The van der Waals surface area contributed by atoms with Crippen LogP contribution in [0, 0.1) is 17.2 Å². The van der Waals surface area contributed by atoms with Gasteiger partial charge in [0.2, 0.25) is 0 Å². The van der Waals surface area contributed by atoms with Gasteiger partial charge in [0, 0.05) is 12.6 Å². The zero-order valence-corrected chi connectivity index (χ0v) is 11.1. The van der Waals surface area contributed by atoms with Gasteiger partial charge in [0.05, 0.1) is 6.07 Å². The standard InChI is InChI=1S/C13H25N3/c1-11(2)9-16(4)12-5-7-13(10-14,15-3)8-6-12/h11-12,15H,5-9H2,1-4H3. The van der Waals surface area contributed by atoms with Crippen LogP contribution in [0.15, 0.2) is 0 Å². The van der Waals surface area contributed by atoms with Crippen LogP contribution in [-0.4, -0.2) is 37.1 Å². The lowest BCUT2D eigenvalue weighted by molar-refractivity contribution is 0.145. The molecule has 0 saturated heterocycles. The van der Waals surface area contributed by atoms with E-state index in [2.05, 4.69) is 37.2 Å². The van der Waals surface area contributed by atoms with Crippen LogP contribution in [0.2, 0.25) is 0 Å². The number of nitrogens with zero attached hydrogens (tertiary/aromatic N) is 2. The highest BCUT2D eigenvalue weighted by atomic mass is 15.1. The van der Waals surface area contributed by atoms with Gasteiger partial charge in [-0.15, -0.1) is 0 Å². The smallest absolute Gasteiger partial charge is 0.106 e. The molecule has 1 fully saturated rings. The molecule has 0 atom stereocenters. The zero-order valence-electron chi connectivity index (χ0n) is 11.1. The van der Waals surface area contributed by atoms with E-state index in [9.17, 15) is 5.26 Å². The lowest BCUT2D eigenvalue weighted by Crippen LogP contribution is -2.48. The van der Waals surface area contributed by atoms with Crippen molar-refractivity contribution < 1.29 is 0 Å². The van der Waals surface area contributed by atoms with Gasteiger partial charge in [0.1, 0.15) is 5.54 Å². The number of hydrogen-bond acceptors (Lipinski definition) is 3. The van der Waals surface area contributed by atoms with E-state index in [1.807, 2.05) is 7.05 Å². The number of nitriles is 1. The van der Waals surface area contributed by atoms with Crippen LogP contribution in [0.3, 0.4) is 0 Å². The second kappa shape index (κ2) is 5.65. The molecule has 0 spiro atoms. The molecule has 0 bridgehead atoms. The fraction of sp³-hybridized carbons (Fsp3) is 0.923. The Balaban J connectivity index is 2.46. The van der Waals surface area contributed by atoms with Crippen molar-refractivity contribution in [2.75, 3.05) is 20.6 Å². The van der Waals surface area contributed by atoms with Crippen LogP contribution in [0.5, 0.6) is 0 Å². The Morgan fingerprint density at radius 2 is 2.00 bits per heavy atom. The molecule has 16 heavy (non-hydrogen) atoms. The molecule has 0 aliphatic heterocycles. The third-order valence-corrected chi connectivity index (χ3v) is 3.78. The predicted octanol–water partition coefficient (Wildman–Crippen LogP) is 2.00. The minimum absolute atomic E-state index is 0.255. The van der Waals surface area contributed by atoms with Gasteiger partial charge in [-0.25, -0.2) is 0 Å². The summed E-state index contributed by atoms with van der Waals surface area (Å²) in [5.41, 5.74) is -0.255. The summed E-state index contributed by atoms with van der Waals surface area (Å²) in [6.07, 6.45) is 4.23. The molecule has 1 aliphatic rings. The number of hydrogen-bond donors (Lipinski definition) is 1. The van der Waals surface area contributed by atoms with Crippen LogP contribution >= 0.6 is 0 Å². The van der Waals surface area contributed by atoms with E-state index in [-0.39, 0.29) is 5.54 Å². The first-order valence-electron chi connectivity index (χ1n) is 6.33. The molecular formula is C13H25N3. The first-order valence-corrected chi connectivity index (χ1v) is 6.33. The largest absolute Gasteiger partial charge is 0.303 e. The normalized spacial score (nSPS) is 30.7. The second-order valence-electron chi connectivity index (χ2n) is 5.51. The van der Waals surface area contributed by atoms with E-state index in [0.717, 1.165) is 38.1 Å². The summed E-state index contributed by atoms with van der Waals surface area (Å²) in [6.45, 7) is 5.67. The summed E-state index contributed by atoms with van der Waals surface area (Å²) in [6, 6.07) is 3.10. The van der Waals surface area contributed by atoms with Crippen molar-refractivity contribution in [3.63, 3.8) is 0 Å². The minimum atomic E-state index is -0.255. The molecule has 0 amide bonds. The van der Waals surface area contributed by atoms with Crippen molar-refractivity contribution in [2.45, 2.75) is 51.1 Å². The van der Waals surface area contributed by atoms with Gasteiger partial charge in [-0.2, -0.15) is 5.26 Å².